The van der Waals surface area contributed by atoms with Gasteiger partial charge in [0.1, 0.15) is 5.82 Å². The lowest BCUT2D eigenvalue weighted by Crippen LogP contribution is -2.37. The number of halogens is 1. The van der Waals surface area contributed by atoms with Gasteiger partial charge in [-0.05, 0) is 24.1 Å². The van der Waals surface area contributed by atoms with Crippen molar-refractivity contribution in [1.82, 2.24) is 9.88 Å². The molecule has 0 radical (unpaired) electrons. The van der Waals surface area contributed by atoms with Gasteiger partial charge in [-0.3, -0.25) is 4.90 Å². The quantitative estimate of drug-likeness (QED) is 0.865. The van der Waals surface area contributed by atoms with Crippen molar-refractivity contribution < 1.29 is 9.13 Å². The van der Waals surface area contributed by atoms with Crippen LogP contribution in [0.1, 0.15) is 29.3 Å². The Morgan fingerprint density at radius 1 is 1.38 bits per heavy atom. The summed E-state index contributed by atoms with van der Waals surface area (Å²) in [6.45, 7) is 5.42. The minimum absolute atomic E-state index is 0.0173. The smallest absolute Gasteiger partial charge is 0.123 e. The van der Waals surface area contributed by atoms with Crippen molar-refractivity contribution in [2.45, 2.75) is 26.0 Å². The largest absolute Gasteiger partial charge is 0.371 e. The van der Waals surface area contributed by atoms with Gasteiger partial charge in [-0.15, -0.1) is 11.3 Å². The van der Waals surface area contributed by atoms with E-state index in [4.69, 9.17) is 4.74 Å². The number of hydrogen-bond acceptors (Lipinski definition) is 4. The van der Waals surface area contributed by atoms with Gasteiger partial charge in [0.15, 0.2) is 0 Å². The summed E-state index contributed by atoms with van der Waals surface area (Å²) in [5.74, 6) is -0.207. The molecule has 0 aliphatic carbocycles. The van der Waals surface area contributed by atoms with Crippen molar-refractivity contribution in [3.05, 3.63) is 51.7 Å². The maximum atomic E-state index is 13.0. The molecule has 0 amide bonds. The molecule has 112 valence electrons. The maximum Gasteiger partial charge on any atom is 0.123 e. The normalized spacial score (nSPS) is 19.8. The number of thiazole rings is 1. The van der Waals surface area contributed by atoms with E-state index in [9.17, 15) is 4.39 Å². The number of hydrogen-bond donors (Lipinski definition) is 0. The van der Waals surface area contributed by atoms with E-state index in [0.717, 1.165) is 37.3 Å². The van der Waals surface area contributed by atoms with Crippen molar-refractivity contribution in [2.75, 3.05) is 19.7 Å². The van der Waals surface area contributed by atoms with Gasteiger partial charge in [-0.25, -0.2) is 9.37 Å². The van der Waals surface area contributed by atoms with E-state index in [2.05, 4.69) is 22.2 Å². The highest BCUT2D eigenvalue weighted by Gasteiger charge is 2.22. The molecule has 2 heterocycles. The van der Waals surface area contributed by atoms with Crippen molar-refractivity contribution in [3.63, 3.8) is 0 Å². The molecule has 0 bridgehead atoms. The van der Waals surface area contributed by atoms with Gasteiger partial charge in [0.05, 0.1) is 23.4 Å². The Hall–Kier alpha value is -1.30. The molecule has 1 saturated heterocycles. The predicted molar refractivity (Wildman–Crippen MR) is 81.9 cm³/mol. The third-order valence-electron chi connectivity index (χ3n) is 3.68. The monoisotopic (exact) mass is 306 g/mol. The number of nitrogens with zero attached hydrogens (tertiary/aromatic N) is 2. The van der Waals surface area contributed by atoms with Gasteiger partial charge in [0, 0.05) is 25.0 Å². The van der Waals surface area contributed by atoms with Gasteiger partial charge in [0.2, 0.25) is 0 Å². The standard InChI is InChI=1S/C16H19FN2OS/c1-2-16-18-14(11-21-16)9-19-7-8-20-15(10-19)12-3-5-13(17)6-4-12/h3-6,11,15H,2,7-10H2,1H3/t15-/m0/s1. The summed E-state index contributed by atoms with van der Waals surface area (Å²) in [5.41, 5.74) is 2.17. The molecule has 0 unspecified atom stereocenters. The first-order valence-electron chi connectivity index (χ1n) is 7.27. The highest BCUT2D eigenvalue weighted by Crippen LogP contribution is 2.23. The molecule has 3 rings (SSSR count). The van der Waals surface area contributed by atoms with Crippen molar-refractivity contribution in [1.29, 1.82) is 0 Å². The first kappa shape index (κ1) is 14.6. The molecule has 1 aromatic carbocycles. The summed E-state index contributed by atoms with van der Waals surface area (Å²) in [4.78, 5) is 6.97. The Labute approximate surface area is 128 Å². The van der Waals surface area contributed by atoms with E-state index < -0.39 is 0 Å². The summed E-state index contributed by atoms with van der Waals surface area (Å²) in [7, 11) is 0. The zero-order valence-electron chi connectivity index (χ0n) is 12.1. The second kappa shape index (κ2) is 6.64. The zero-order valence-corrected chi connectivity index (χ0v) is 12.9. The fraction of sp³-hybridized carbons (Fsp3) is 0.438. The fourth-order valence-electron chi connectivity index (χ4n) is 2.54. The molecule has 0 spiro atoms. The van der Waals surface area contributed by atoms with Crippen LogP contribution in [0, 0.1) is 5.82 Å². The maximum absolute atomic E-state index is 13.0. The van der Waals surface area contributed by atoms with Crippen LogP contribution in [0.2, 0.25) is 0 Å². The summed E-state index contributed by atoms with van der Waals surface area (Å²) in [5, 5.41) is 3.33. The van der Waals surface area contributed by atoms with Crippen molar-refractivity contribution >= 4 is 11.3 Å². The molecule has 0 saturated carbocycles. The predicted octanol–water partition coefficient (Wildman–Crippen LogP) is 3.42. The summed E-state index contributed by atoms with van der Waals surface area (Å²) in [6, 6.07) is 6.60. The SMILES string of the molecule is CCc1nc(CN2CCO[C@H](c3ccc(F)cc3)C2)cs1. The van der Waals surface area contributed by atoms with Crippen LogP contribution in [-0.2, 0) is 17.7 Å². The second-order valence-electron chi connectivity index (χ2n) is 5.23. The topological polar surface area (TPSA) is 25.4 Å². The number of rotatable bonds is 4. The molecule has 0 N–H and O–H groups in total. The molecule has 3 nitrogen and oxygen atoms in total. The van der Waals surface area contributed by atoms with Gasteiger partial charge >= 0.3 is 0 Å². The molecule has 1 aliphatic rings. The van der Waals surface area contributed by atoms with Crippen LogP contribution in [0.5, 0.6) is 0 Å². The Morgan fingerprint density at radius 2 is 2.19 bits per heavy atom. The molecule has 5 heteroatoms. The molecule has 2 aromatic rings. The van der Waals surface area contributed by atoms with Crippen LogP contribution in [0.15, 0.2) is 29.6 Å². The van der Waals surface area contributed by atoms with Crippen molar-refractivity contribution in [3.8, 4) is 0 Å². The van der Waals surface area contributed by atoms with Crippen LogP contribution in [0.4, 0.5) is 4.39 Å². The fourth-order valence-corrected chi connectivity index (χ4v) is 3.27. The molecule has 1 fully saturated rings. The van der Waals surface area contributed by atoms with E-state index in [1.165, 1.54) is 17.1 Å². The average molecular weight is 306 g/mol. The Balaban J connectivity index is 1.63. The lowest BCUT2D eigenvalue weighted by molar-refractivity contribution is -0.0332. The molecule has 1 aliphatic heterocycles. The van der Waals surface area contributed by atoms with Crippen LogP contribution in [0.3, 0.4) is 0 Å². The Bertz CT molecular complexity index is 584. The minimum Gasteiger partial charge on any atom is -0.371 e. The third kappa shape index (κ3) is 3.67. The van der Waals surface area contributed by atoms with Crippen LogP contribution < -0.4 is 0 Å². The van der Waals surface area contributed by atoms with Crippen molar-refractivity contribution in [2.24, 2.45) is 0 Å². The summed E-state index contributed by atoms with van der Waals surface area (Å²) in [6.07, 6.45) is 1.01. The van der Waals surface area contributed by atoms with Crippen LogP contribution in [-0.4, -0.2) is 29.6 Å². The summed E-state index contributed by atoms with van der Waals surface area (Å²) < 4.78 is 18.8. The number of benzene rings is 1. The number of morpholine rings is 1. The highest BCUT2D eigenvalue weighted by molar-refractivity contribution is 7.09. The van der Waals surface area contributed by atoms with Gasteiger partial charge in [-0.1, -0.05) is 19.1 Å². The first-order valence-corrected chi connectivity index (χ1v) is 8.15. The molecule has 21 heavy (non-hydrogen) atoms. The van der Waals surface area contributed by atoms with E-state index in [1.807, 2.05) is 12.1 Å². The van der Waals surface area contributed by atoms with E-state index in [-0.39, 0.29) is 11.9 Å². The zero-order chi connectivity index (χ0) is 14.7. The Kier molecular flexibility index (Phi) is 4.63. The lowest BCUT2D eigenvalue weighted by Gasteiger charge is -2.32. The van der Waals surface area contributed by atoms with Gasteiger partial charge in [-0.2, -0.15) is 0 Å². The van der Waals surface area contributed by atoms with E-state index in [1.54, 1.807) is 11.3 Å². The number of ether oxygens (including phenoxy) is 1. The average Bonchev–Trinajstić information content (AvgIpc) is 2.96. The molecular formula is C16H19FN2OS. The minimum atomic E-state index is -0.207. The lowest BCUT2D eigenvalue weighted by atomic mass is 10.1. The van der Waals surface area contributed by atoms with Crippen LogP contribution in [0.25, 0.3) is 0 Å². The van der Waals surface area contributed by atoms with Gasteiger partial charge in [0.25, 0.3) is 0 Å². The Morgan fingerprint density at radius 3 is 2.90 bits per heavy atom. The summed E-state index contributed by atoms with van der Waals surface area (Å²) >= 11 is 1.73. The second-order valence-corrected chi connectivity index (χ2v) is 6.17. The first-order chi connectivity index (χ1) is 10.2. The van der Waals surface area contributed by atoms with E-state index in [0.29, 0.717) is 6.61 Å². The highest BCUT2D eigenvalue weighted by atomic mass is 32.1. The molecule has 1 aromatic heterocycles. The molecule has 1 atom stereocenters. The number of aryl methyl sites for hydroxylation is 1. The van der Waals surface area contributed by atoms with Crippen LogP contribution >= 0.6 is 11.3 Å². The molecular weight excluding hydrogens is 287 g/mol. The van der Waals surface area contributed by atoms with Gasteiger partial charge < -0.3 is 4.74 Å². The van der Waals surface area contributed by atoms with E-state index >= 15 is 0 Å². The number of aromatic nitrogens is 1. The third-order valence-corrected chi connectivity index (χ3v) is 4.72.